The van der Waals surface area contributed by atoms with Gasteiger partial charge in [-0.15, -0.1) is 0 Å². The number of carbonyl (C=O) groups is 1. The van der Waals surface area contributed by atoms with Gasteiger partial charge in [-0.2, -0.15) is 0 Å². The third-order valence-corrected chi connectivity index (χ3v) is 4.60. The molecule has 1 aliphatic rings. The summed E-state index contributed by atoms with van der Waals surface area (Å²) in [7, 11) is 0. The van der Waals surface area contributed by atoms with E-state index in [2.05, 4.69) is 0 Å². The number of amides is 1. The number of para-hydroxylation sites is 1. The van der Waals surface area contributed by atoms with E-state index in [9.17, 15) is 4.79 Å². The van der Waals surface area contributed by atoms with Gasteiger partial charge in [-0.05, 0) is 42.8 Å². The molecule has 1 saturated heterocycles. The number of ether oxygens (including phenoxy) is 1. The average molecular weight is 341 g/mol. The summed E-state index contributed by atoms with van der Waals surface area (Å²) in [6.07, 6.45) is 1.86. The number of hydrogen-bond acceptors (Lipinski definition) is 4. The molecule has 3 rings (SSSR count). The van der Waals surface area contributed by atoms with Crippen LogP contribution >= 0.6 is 24.0 Å². The van der Waals surface area contributed by atoms with Crippen LogP contribution < -0.4 is 9.64 Å². The Morgan fingerprint density at radius 3 is 2.48 bits per heavy atom. The lowest BCUT2D eigenvalue weighted by Crippen LogP contribution is -2.27. The number of rotatable bonds is 4. The van der Waals surface area contributed by atoms with Crippen molar-refractivity contribution in [2.75, 3.05) is 11.5 Å². The number of thiocarbonyl (C=S) groups is 1. The van der Waals surface area contributed by atoms with E-state index >= 15 is 0 Å². The van der Waals surface area contributed by atoms with Crippen molar-refractivity contribution < 1.29 is 9.53 Å². The maximum atomic E-state index is 12.6. The molecule has 2 aromatic rings. The quantitative estimate of drug-likeness (QED) is 0.605. The normalized spacial score (nSPS) is 16.2. The van der Waals surface area contributed by atoms with E-state index in [0.717, 1.165) is 17.0 Å². The number of hydrogen-bond donors (Lipinski definition) is 0. The highest BCUT2D eigenvalue weighted by Crippen LogP contribution is 2.35. The summed E-state index contributed by atoms with van der Waals surface area (Å²) in [5.74, 6) is 0.738. The molecule has 3 nitrogen and oxygen atoms in total. The Morgan fingerprint density at radius 1 is 1.13 bits per heavy atom. The van der Waals surface area contributed by atoms with E-state index in [0.29, 0.717) is 15.8 Å². The van der Waals surface area contributed by atoms with Gasteiger partial charge < -0.3 is 4.74 Å². The number of nitrogens with zero attached hydrogens (tertiary/aromatic N) is 1. The van der Waals surface area contributed by atoms with Crippen LogP contribution in [-0.4, -0.2) is 16.8 Å². The van der Waals surface area contributed by atoms with Crippen LogP contribution in [0.3, 0.4) is 0 Å². The van der Waals surface area contributed by atoms with Crippen LogP contribution in [0.25, 0.3) is 6.08 Å². The van der Waals surface area contributed by atoms with Crippen molar-refractivity contribution in [3.05, 3.63) is 65.1 Å². The van der Waals surface area contributed by atoms with Crippen LogP contribution in [0.1, 0.15) is 12.5 Å². The van der Waals surface area contributed by atoms with Gasteiger partial charge in [0.15, 0.2) is 4.32 Å². The minimum Gasteiger partial charge on any atom is -0.494 e. The standard InChI is InChI=1S/C18H15NO2S2/c1-2-21-15-10-8-13(9-11-15)12-16-17(20)19(18(22)23-16)14-6-4-3-5-7-14/h3-12H,2H2,1H3/b16-12-. The number of benzene rings is 2. The van der Waals surface area contributed by atoms with Crippen LogP contribution in [-0.2, 0) is 4.79 Å². The molecule has 1 fully saturated rings. The summed E-state index contributed by atoms with van der Waals surface area (Å²) in [4.78, 5) is 14.8. The molecule has 0 bridgehead atoms. The second-order valence-corrected chi connectivity index (χ2v) is 6.53. The Bertz CT molecular complexity index is 754. The molecule has 116 valence electrons. The van der Waals surface area contributed by atoms with E-state index in [-0.39, 0.29) is 5.91 Å². The van der Waals surface area contributed by atoms with Gasteiger partial charge in [0, 0.05) is 0 Å². The Kier molecular flexibility index (Phi) is 4.79. The monoisotopic (exact) mass is 341 g/mol. The third-order valence-electron chi connectivity index (χ3n) is 3.30. The maximum Gasteiger partial charge on any atom is 0.270 e. The third kappa shape index (κ3) is 3.46. The zero-order valence-electron chi connectivity index (χ0n) is 12.6. The molecule has 0 spiro atoms. The zero-order chi connectivity index (χ0) is 16.2. The van der Waals surface area contributed by atoms with Gasteiger partial charge in [0.1, 0.15) is 5.75 Å². The molecule has 0 saturated carbocycles. The second-order valence-electron chi connectivity index (χ2n) is 4.85. The van der Waals surface area contributed by atoms with Crippen molar-refractivity contribution >= 4 is 46.0 Å². The molecule has 5 heteroatoms. The first-order chi connectivity index (χ1) is 11.2. The molecule has 0 radical (unpaired) electrons. The summed E-state index contributed by atoms with van der Waals surface area (Å²) in [5.41, 5.74) is 1.74. The number of carbonyl (C=O) groups excluding carboxylic acids is 1. The zero-order valence-corrected chi connectivity index (χ0v) is 14.2. The minimum atomic E-state index is -0.0833. The Morgan fingerprint density at radius 2 is 1.83 bits per heavy atom. The fraction of sp³-hybridized carbons (Fsp3) is 0.111. The molecule has 1 aliphatic heterocycles. The first-order valence-electron chi connectivity index (χ1n) is 7.25. The highest BCUT2D eigenvalue weighted by Gasteiger charge is 2.33. The van der Waals surface area contributed by atoms with Crippen LogP contribution in [0, 0.1) is 0 Å². The summed E-state index contributed by atoms with van der Waals surface area (Å²) >= 11 is 6.68. The van der Waals surface area contributed by atoms with E-state index in [1.165, 1.54) is 11.8 Å². The van der Waals surface area contributed by atoms with Crippen molar-refractivity contribution in [2.45, 2.75) is 6.92 Å². The van der Waals surface area contributed by atoms with Crippen LogP contribution in [0.4, 0.5) is 5.69 Å². The minimum absolute atomic E-state index is 0.0833. The van der Waals surface area contributed by atoms with E-state index < -0.39 is 0 Å². The largest absolute Gasteiger partial charge is 0.494 e. The smallest absolute Gasteiger partial charge is 0.270 e. The average Bonchev–Trinajstić information content (AvgIpc) is 2.84. The fourth-order valence-corrected chi connectivity index (χ4v) is 3.54. The molecule has 0 aromatic heterocycles. The lowest BCUT2D eigenvalue weighted by atomic mass is 10.2. The molecule has 0 atom stereocenters. The Hall–Kier alpha value is -2.11. The highest BCUT2D eigenvalue weighted by atomic mass is 32.2. The Labute approximate surface area is 144 Å². The van der Waals surface area contributed by atoms with Gasteiger partial charge in [0.2, 0.25) is 0 Å². The highest BCUT2D eigenvalue weighted by molar-refractivity contribution is 8.27. The molecule has 0 unspecified atom stereocenters. The van der Waals surface area contributed by atoms with Crippen LogP contribution in [0.15, 0.2) is 59.5 Å². The van der Waals surface area contributed by atoms with Crippen molar-refractivity contribution in [3.63, 3.8) is 0 Å². The SMILES string of the molecule is CCOc1ccc(/C=C2\SC(=S)N(c3ccccc3)C2=O)cc1. The number of anilines is 1. The predicted octanol–water partition coefficient (Wildman–Crippen LogP) is 4.49. The van der Waals surface area contributed by atoms with Crippen LogP contribution in [0.5, 0.6) is 5.75 Å². The molecule has 1 amide bonds. The summed E-state index contributed by atoms with van der Waals surface area (Å²) in [6.45, 7) is 2.58. The van der Waals surface area contributed by atoms with Crippen molar-refractivity contribution in [1.82, 2.24) is 0 Å². The molecular weight excluding hydrogens is 326 g/mol. The summed E-state index contributed by atoms with van der Waals surface area (Å²) < 4.78 is 5.98. The molecule has 0 aliphatic carbocycles. The summed E-state index contributed by atoms with van der Waals surface area (Å²) in [6, 6.07) is 17.1. The van der Waals surface area contributed by atoms with Gasteiger partial charge in [-0.1, -0.05) is 54.3 Å². The molecule has 2 aromatic carbocycles. The first-order valence-corrected chi connectivity index (χ1v) is 8.47. The fourth-order valence-electron chi connectivity index (χ4n) is 2.25. The lowest BCUT2D eigenvalue weighted by molar-refractivity contribution is -0.113. The van der Waals surface area contributed by atoms with Gasteiger partial charge in [0.25, 0.3) is 5.91 Å². The molecule has 0 N–H and O–H groups in total. The van der Waals surface area contributed by atoms with E-state index in [1.807, 2.05) is 67.6 Å². The van der Waals surface area contributed by atoms with Gasteiger partial charge in [-0.3, -0.25) is 9.69 Å². The molecule has 1 heterocycles. The second kappa shape index (κ2) is 6.98. The van der Waals surface area contributed by atoms with Crippen LogP contribution in [0.2, 0.25) is 0 Å². The van der Waals surface area contributed by atoms with Crippen molar-refractivity contribution in [2.24, 2.45) is 0 Å². The topological polar surface area (TPSA) is 29.5 Å². The summed E-state index contributed by atoms with van der Waals surface area (Å²) in [5, 5.41) is 0. The van der Waals surface area contributed by atoms with Gasteiger partial charge >= 0.3 is 0 Å². The van der Waals surface area contributed by atoms with E-state index in [1.54, 1.807) is 4.90 Å². The maximum absolute atomic E-state index is 12.6. The van der Waals surface area contributed by atoms with E-state index in [4.69, 9.17) is 17.0 Å². The predicted molar refractivity (Wildman–Crippen MR) is 99.7 cm³/mol. The number of thioether (sulfide) groups is 1. The van der Waals surface area contributed by atoms with Gasteiger partial charge in [0.05, 0.1) is 17.2 Å². The first kappa shape index (κ1) is 15.8. The van der Waals surface area contributed by atoms with Gasteiger partial charge in [-0.25, -0.2) is 0 Å². The van der Waals surface area contributed by atoms with Crippen molar-refractivity contribution in [3.8, 4) is 5.75 Å². The van der Waals surface area contributed by atoms with Crippen molar-refractivity contribution in [1.29, 1.82) is 0 Å². The molecule has 23 heavy (non-hydrogen) atoms. The Balaban J connectivity index is 1.84. The lowest BCUT2D eigenvalue weighted by Gasteiger charge is -2.13. The molecular formula is C18H15NO2S2.